The molecule has 57 heavy (non-hydrogen) atoms. The van der Waals surface area contributed by atoms with Gasteiger partial charge in [0.2, 0.25) is 11.8 Å². The summed E-state index contributed by atoms with van der Waals surface area (Å²) in [6.07, 6.45) is 0.670. The number of anilines is 2. The predicted molar refractivity (Wildman–Crippen MR) is 205 cm³/mol. The number of allylic oxidation sites excluding steroid dienone is 3. The zero-order valence-electron chi connectivity index (χ0n) is 30.3. The largest absolute Gasteiger partial charge is 0.504 e. The number of phenolic OH excluding ortho intramolecular Hbond substituents is 1. The number of imide groups is 2. The maximum Gasteiger partial charge on any atom is 0.433 e. The number of carbonyl (C=O) groups is 4. The number of nitrogens with zero attached hydrogens (tertiary/aromatic N) is 4. The van der Waals surface area contributed by atoms with Crippen molar-refractivity contribution in [2.45, 2.75) is 24.4 Å². The van der Waals surface area contributed by atoms with Gasteiger partial charge in [0.15, 0.2) is 17.3 Å². The number of hydrogen-bond donors (Lipinski definition) is 1. The predicted octanol–water partition coefficient (Wildman–Crippen LogP) is 7.88. The molecule has 1 N–H and O–H groups in total. The van der Waals surface area contributed by atoms with Crippen molar-refractivity contribution in [3.63, 3.8) is 0 Å². The van der Waals surface area contributed by atoms with E-state index < -0.39 is 76.3 Å². The molecule has 0 bridgehead atoms. The Balaban J connectivity index is 1.28. The van der Waals surface area contributed by atoms with Gasteiger partial charge in [-0.05, 0) is 72.4 Å². The van der Waals surface area contributed by atoms with Gasteiger partial charge in [0.05, 0.1) is 41.0 Å². The summed E-state index contributed by atoms with van der Waals surface area (Å²) in [5.41, 5.74) is -0.673. The molecule has 10 nitrogen and oxygen atoms in total. The van der Waals surface area contributed by atoms with E-state index in [9.17, 15) is 32.7 Å². The minimum Gasteiger partial charge on any atom is -0.504 e. The number of pyridine rings is 1. The first-order valence-corrected chi connectivity index (χ1v) is 18.7. The molecule has 2 saturated heterocycles. The number of aromatic nitrogens is 1. The maximum absolute atomic E-state index is 15.3. The quantitative estimate of drug-likeness (QED) is 0.148. The number of halogens is 5. The average Bonchev–Trinajstić information content (AvgIpc) is 3.58. The van der Waals surface area contributed by atoms with Crippen LogP contribution in [-0.2, 0) is 30.8 Å². The minimum atomic E-state index is -4.82. The third-order valence-corrected chi connectivity index (χ3v) is 12.1. The molecule has 0 spiro atoms. The lowest BCUT2D eigenvalue weighted by molar-refractivity contribution is -0.141. The fourth-order valence-corrected chi connectivity index (χ4v) is 9.60. The van der Waals surface area contributed by atoms with Crippen molar-refractivity contribution < 1.29 is 42.2 Å². The lowest BCUT2D eigenvalue weighted by Crippen LogP contribution is -2.54. The number of benzene rings is 3. The van der Waals surface area contributed by atoms with Crippen molar-refractivity contribution >= 4 is 64.4 Å². The number of carbonyl (C=O) groups excluding carboxylic acids is 4. The van der Waals surface area contributed by atoms with Gasteiger partial charge in [-0.3, -0.25) is 24.2 Å². The number of hydrogen-bond acceptors (Lipinski definition) is 8. The molecule has 15 heteroatoms. The second kappa shape index (κ2) is 14.1. The van der Waals surface area contributed by atoms with Gasteiger partial charge in [0.25, 0.3) is 11.8 Å². The second-order valence-corrected chi connectivity index (χ2v) is 15.3. The molecule has 3 fully saturated rings. The van der Waals surface area contributed by atoms with Gasteiger partial charge in [0, 0.05) is 18.0 Å². The molecule has 8 rings (SSSR count). The summed E-state index contributed by atoms with van der Waals surface area (Å²) in [5.74, 6) is -7.26. The van der Waals surface area contributed by atoms with E-state index in [1.165, 1.54) is 26.3 Å². The Kier molecular flexibility index (Phi) is 9.43. The van der Waals surface area contributed by atoms with E-state index in [0.29, 0.717) is 27.8 Å². The summed E-state index contributed by atoms with van der Waals surface area (Å²) < 4.78 is 46.4. The smallest absolute Gasteiger partial charge is 0.433 e. The lowest BCUT2D eigenvalue weighted by Gasteiger charge is -2.49. The van der Waals surface area contributed by atoms with Crippen LogP contribution in [0.4, 0.5) is 24.7 Å². The lowest BCUT2D eigenvalue weighted by atomic mass is 9.50. The van der Waals surface area contributed by atoms with Crippen LogP contribution in [0.2, 0.25) is 10.0 Å². The molecule has 0 unspecified atom stereocenters. The van der Waals surface area contributed by atoms with Crippen LogP contribution in [0.15, 0.2) is 103 Å². The highest BCUT2D eigenvalue weighted by atomic mass is 35.5. The standard InChI is InChI=1S/C42H33Cl2F3N4O6/c1-49(36-31(44)16-18-34(48-36)42(45,46)47)51-37(53)27-14-13-26-28(35(27)39(51)55)21-30-38(54)50(25-10-6-9-24(43)20-25)40(56)41(30,23-7-4-3-5-8-23)29(26)15-11-22-12-17-32(52)33(19-22)57-2/h3-13,15-20,27-30,35,52H,14,21H2,1-2H3/t27-,28+,29-,30-,35-,41-/m0/s1. The van der Waals surface area contributed by atoms with Crippen molar-refractivity contribution in [2.75, 3.05) is 24.1 Å². The van der Waals surface area contributed by atoms with Crippen molar-refractivity contribution in [2.24, 2.45) is 29.6 Å². The van der Waals surface area contributed by atoms with E-state index in [2.05, 4.69) is 4.98 Å². The van der Waals surface area contributed by atoms with Crippen LogP contribution in [0.3, 0.4) is 0 Å². The molecule has 1 saturated carbocycles. The first-order chi connectivity index (χ1) is 27.2. The molecular weight excluding hydrogens is 784 g/mol. The molecule has 4 aliphatic rings. The van der Waals surface area contributed by atoms with Crippen LogP contribution >= 0.6 is 23.2 Å². The number of amides is 4. The van der Waals surface area contributed by atoms with E-state index in [1.807, 2.05) is 12.2 Å². The molecule has 0 radical (unpaired) electrons. The first-order valence-electron chi connectivity index (χ1n) is 18.0. The van der Waals surface area contributed by atoms with Gasteiger partial charge >= 0.3 is 6.18 Å². The molecule has 292 valence electrons. The molecule has 6 atom stereocenters. The summed E-state index contributed by atoms with van der Waals surface area (Å²) in [6.45, 7) is 0. The molecule has 1 aromatic heterocycles. The Bertz CT molecular complexity index is 2410. The zero-order valence-corrected chi connectivity index (χ0v) is 31.8. The number of alkyl halides is 3. The molecule has 2 aliphatic heterocycles. The molecule has 4 aromatic rings. The van der Waals surface area contributed by atoms with Crippen LogP contribution in [0.1, 0.15) is 29.7 Å². The SMILES string of the molecule is COc1cc(C=C[C@H]2C3=CC[C@@H]4C(=O)N(N(C)c5nc(C(F)(F)F)ccc5Cl)C(=O)[C@@H]4[C@@H]3C[C@H]3C(=O)N(c4cccc(Cl)c4)C(=O)[C@@]23c2ccccc2)ccc1O. The van der Waals surface area contributed by atoms with Crippen molar-refractivity contribution in [3.05, 3.63) is 130 Å². The van der Waals surface area contributed by atoms with Crippen LogP contribution in [-0.4, -0.2) is 52.9 Å². The van der Waals surface area contributed by atoms with E-state index >= 15 is 4.79 Å². The summed E-state index contributed by atoms with van der Waals surface area (Å²) in [6, 6.07) is 21.8. The second-order valence-electron chi connectivity index (χ2n) is 14.4. The Morgan fingerprint density at radius 1 is 0.930 bits per heavy atom. The number of fused-ring (bicyclic) bond motifs is 4. The van der Waals surface area contributed by atoms with E-state index in [4.69, 9.17) is 27.9 Å². The van der Waals surface area contributed by atoms with Crippen LogP contribution in [0, 0.1) is 29.6 Å². The molecule has 3 heterocycles. The summed E-state index contributed by atoms with van der Waals surface area (Å²) in [4.78, 5) is 63.8. The number of rotatable bonds is 7. The Hall–Kier alpha value is -5.66. The topological polar surface area (TPSA) is 120 Å². The fraction of sp³-hybridized carbons (Fsp3) is 0.262. The van der Waals surface area contributed by atoms with Gasteiger partial charge in [-0.15, -0.1) is 0 Å². The highest BCUT2D eigenvalue weighted by Gasteiger charge is 2.69. The minimum absolute atomic E-state index is 0.0000445. The van der Waals surface area contributed by atoms with E-state index in [0.717, 1.165) is 21.0 Å². The highest BCUT2D eigenvalue weighted by Crippen LogP contribution is 2.62. The molecule has 4 amide bonds. The van der Waals surface area contributed by atoms with Crippen LogP contribution in [0.5, 0.6) is 11.5 Å². The summed E-state index contributed by atoms with van der Waals surface area (Å²) in [7, 11) is 2.66. The van der Waals surface area contributed by atoms with E-state index in [-0.39, 0.29) is 35.1 Å². The van der Waals surface area contributed by atoms with Crippen molar-refractivity contribution in [3.8, 4) is 11.5 Å². The van der Waals surface area contributed by atoms with Gasteiger partial charge in [-0.1, -0.05) is 89.5 Å². The number of ether oxygens (including phenoxy) is 1. The third-order valence-electron chi connectivity index (χ3n) is 11.6. The van der Waals surface area contributed by atoms with Crippen LogP contribution < -0.4 is 14.6 Å². The van der Waals surface area contributed by atoms with Gasteiger partial charge in [-0.2, -0.15) is 18.2 Å². The summed E-state index contributed by atoms with van der Waals surface area (Å²) in [5, 5.41) is 12.1. The van der Waals surface area contributed by atoms with Gasteiger partial charge < -0.3 is 9.84 Å². The number of phenols is 1. The highest BCUT2D eigenvalue weighted by molar-refractivity contribution is 6.33. The zero-order chi connectivity index (χ0) is 40.6. The van der Waals surface area contributed by atoms with Gasteiger partial charge in [-0.25, -0.2) is 9.88 Å². The van der Waals surface area contributed by atoms with Crippen LogP contribution in [0.25, 0.3) is 6.08 Å². The molecule has 3 aromatic carbocycles. The number of methoxy groups -OCH3 is 1. The van der Waals surface area contributed by atoms with E-state index in [1.54, 1.807) is 66.7 Å². The fourth-order valence-electron chi connectivity index (χ4n) is 9.19. The Morgan fingerprint density at radius 2 is 1.68 bits per heavy atom. The Morgan fingerprint density at radius 3 is 2.39 bits per heavy atom. The number of hydrazine groups is 1. The average molecular weight is 818 g/mol. The van der Waals surface area contributed by atoms with Crippen molar-refractivity contribution in [1.29, 1.82) is 0 Å². The summed E-state index contributed by atoms with van der Waals surface area (Å²) >= 11 is 12.7. The third kappa shape index (κ3) is 5.97. The normalized spacial score (nSPS) is 25.7. The monoisotopic (exact) mass is 816 g/mol. The van der Waals surface area contributed by atoms with Gasteiger partial charge in [0.1, 0.15) is 5.69 Å². The maximum atomic E-state index is 15.3. The van der Waals surface area contributed by atoms with Crippen molar-refractivity contribution in [1.82, 2.24) is 9.99 Å². The number of aromatic hydroxyl groups is 1. The first kappa shape index (κ1) is 38.2. The Labute approximate surface area is 334 Å². The molecule has 2 aliphatic carbocycles. The molecular formula is C42H33Cl2F3N4O6.